The molecule has 0 saturated carbocycles. The zero-order chi connectivity index (χ0) is 28.2. The summed E-state index contributed by atoms with van der Waals surface area (Å²) < 4.78 is 48.4. The van der Waals surface area contributed by atoms with Crippen LogP contribution in [0.25, 0.3) is 11.0 Å². The lowest BCUT2D eigenvalue weighted by atomic mass is 10.0. The number of imidazole rings is 2. The number of hydrogen-bond acceptors (Lipinski definition) is 4. The molecule has 10 heteroatoms. The molecule has 1 atom stereocenters. The van der Waals surface area contributed by atoms with Gasteiger partial charge < -0.3 is 9.72 Å². The molecule has 0 bridgehead atoms. The summed E-state index contributed by atoms with van der Waals surface area (Å²) in [5, 5.41) is 0. The van der Waals surface area contributed by atoms with Gasteiger partial charge in [-0.25, -0.2) is 9.78 Å². The van der Waals surface area contributed by atoms with E-state index < -0.39 is 35.0 Å². The Hall–Kier alpha value is -3.82. The van der Waals surface area contributed by atoms with E-state index in [-0.39, 0.29) is 12.0 Å². The minimum absolute atomic E-state index is 0.210. The van der Waals surface area contributed by atoms with Crippen molar-refractivity contribution in [3.8, 4) is 0 Å². The molecular weight excluding hydrogens is 509 g/mol. The smallest absolute Gasteiger partial charge is 0.416 e. The molecule has 0 fully saturated rings. The van der Waals surface area contributed by atoms with E-state index in [4.69, 9.17) is 4.74 Å². The first-order valence-corrected chi connectivity index (χ1v) is 13.0. The summed E-state index contributed by atoms with van der Waals surface area (Å²) >= 11 is 0. The van der Waals surface area contributed by atoms with Gasteiger partial charge in [0, 0.05) is 25.4 Å². The number of aromatic amines is 1. The molecule has 0 radical (unpaired) electrons. The lowest BCUT2D eigenvalue weighted by molar-refractivity contribution is -0.155. The summed E-state index contributed by atoms with van der Waals surface area (Å²) in [6.07, 6.45) is 1.59. The molecule has 0 amide bonds. The molecule has 0 saturated heterocycles. The van der Waals surface area contributed by atoms with Crippen LogP contribution in [0.4, 0.5) is 13.2 Å². The van der Waals surface area contributed by atoms with E-state index in [1.807, 2.05) is 24.3 Å². The Morgan fingerprint density at radius 1 is 1.03 bits per heavy atom. The van der Waals surface area contributed by atoms with Gasteiger partial charge in [0.25, 0.3) is 0 Å². The van der Waals surface area contributed by atoms with E-state index >= 15 is 0 Å². The number of H-pyrrole nitrogens is 1. The third-order valence-electron chi connectivity index (χ3n) is 6.34. The quantitative estimate of drug-likeness (QED) is 0.189. The van der Waals surface area contributed by atoms with Gasteiger partial charge in [-0.2, -0.15) is 13.2 Å². The van der Waals surface area contributed by atoms with E-state index in [1.54, 1.807) is 27.0 Å². The van der Waals surface area contributed by atoms with Crippen LogP contribution < -0.4 is 5.69 Å². The number of hydrogen-bond donors (Lipinski definition) is 1. The fourth-order valence-electron chi connectivity index (χ4n) is 4.55. The number of nitrogens with zero attached hydrogens (tertiary/aromatic N) is 3. The molecular formula is C29H33F3N4O3. The predicted octanol–water partition coefficient (Wildman–Crippen LogP) is 6.28. The summed E-state index contributed by atoms with van der Waals surface area (Å²) in [6, 6.07) is 11.6. The Morgan fingerprint density at radius 2 is 1.79 bits per heavy atom. The van der Waals surface area contributed by atoms with Crippen molar-refractivity contribution in [2.45, 2.75) is 77.2 Å². The number of alkyl halides is 3. The van der Waals surface area contributed by atoms with Gasteiger partial charge in [-0.05, 0) is 63.4 Å². The van der Waals surface area contributed by atoms with Crippen LogP contribution in [-0.4, -0.2) is 30.7 Å². The molecule has 1 N–H and O–H groups in total. The lowest BCUT2D eigenvalue weighted by Crippen LogP contribution is -2.31. The molecule has 0 aliphatic heterocycles. The van der Waals surface area contributed by atoms with Gasteiger partial charge in [0.1, 0.15) is 11.4 Å². The van der Waals surface area contributed by atoms with Crippen molar-refractivity contribution in [3.05, 3.63) is 88.4 Å². The summed E-state index contributed by atoms with van der Waals surface area (Å²) in [5.74, 6) is 0.320. The number of nitrogens with one attached hydrogen (secondary N) is 1. The van der Waals surface area contributed by atoms with E-state index in [0.29, 0.717) is 6.54 Å². The summed E-state index contributed by atoms with van der Waals surface area (Å²) in [4.78, 5) is 33.8. The SMILES string of the molecule is CC(C)(C)OC(=O)CC(c1cccc(C(F)(F)F)c1)n1ccn(CCCCCc2nc3ccccc3[nH]2)c1=O. The van der Waals surface area contributed by atoms with Gasteiger partial charge >= 0.3 is 17.8 Å². The average molecular weight is 543 g/mol. The third kappa shape index (κ3) is 7.40. The first kappa shape index (κ1) is 28.2. The highest BCUT2D eigenvalue weighted by Crippen LogP contribution is 2.32. The molecule has 4 aromatic rings. The van der Waals surface area contributed by atoms with Crippen LogP contribution in [0, 0.1) is 0 Å². The first-order valence-electron chi connectivity index (χ1n) is 13.0. The fourth-order valence-corrected chi connectivity index (χ4v) is 4.55. The first-order chi connectivity index (χ1) is 18.4. The van der Waals surface area contributed by atoms with Gasteiger partial charge in [-0.15, -0.1) is 0 Å². The highest BCUT2D eigenvalue weighted by atomic mass is 19.4. The number of carbonyl (C=O) groups excluding carboxylic acids is 1. The van der Waals surface area contributed by atoms with Crippen LogP contribution in [0.2, 0.25) is 0 Å². The molecule has 2 heterocycles. The van der Waals surface area contributed by atoms with Crippen LogP contribution in [0.1, 0.15) is 69.4 Å². The zero-order valence-corrected chi connectivity index (χ0v) is 22.3. The molecule has 7 nitrogen and oxygen atoms in total. The number of esters is 1. The van der Waals surface area contributed by atoms with Crippen molar-refractivity contribution in [2.24, 2.45) is 0 Å². The molecule has 4 rings (SSSR count). The topological polar surface area (TPSA) is 81.9 Å². The number of benzene rings is 2. The van der Waals surface area contributed by atoms with E-state index in [9.17, 15) is 22.8 Å². The second kappa shape index (κ2) is 11.5. The van der Waals surface area contributed by atoms with Crippen molar-refractivity contribution >= 4 is 17.0 Å². The average Bonchev–Trinajstić information content (AvgIpc) is 3.43. The molecule has 0 aliphatic carbocycles. The number of fused-ring (bicyclic) bond motifs is 1. The van der Waals surface area contributed by atoms with Crippen LogP contribution in [0.3, 0.4) is 0 Å². The Morgan fingerprint density at radius 3 is 2.51 bits per heavy atom. The number of halogens is 3. The van der Waals surface area contributed by atoms with Crippen molar-refractivity contribution in [2.75, 3.05) is 0 Å². The van der Waals surface area contributed by atoms with Crippen molar-refractivity contribution in [1.29, 1.82) is 0 Å². The second-order valence-corrected chi connectivity index (χ2v) is 10.6. The standard InChI is InChI=1S/C29H33F3N4O3/c1-28(2,3)39-26(37)19-24(20-10-9-11-21(18-20)29(30,31)32)36-17-16-35(27(36)38)15-8-4-5-14-25-33-22-12-6-7-13-23(22)34-25/h6-7,9-13,16-18,24H,4-5,8,14-15,19H2,1-3H3,(H,33,34). The molecule has 0 spiro atoms. The minimum atomic E-state index is -4.55. The van der Waals surface area contributed by atoms with Crippen molar-refractivity contribution in [1.82, 2.24) is 19.1 Å². The minimum Gasteiger partial charge on any atom is -0.460 e. The Labute approximate surface area is 224 Å². The van der Waals surface area contributed by atoms with Crippen LogP contribution in [0.15, 0.2) is 65.7 Å². The molecule has 2 aromatic heterocycles. The second-order valence-electron chi connectivity index (χ2n) is 10.6. The van der Waals surface area contributed by atoms with Crippen LogP contribution >= 0.6 is 0 Å². The molecule has 1 unspecified atom stereocenters. The van der Waals surface area contributed by atoms with Gasteiger partial charge in [0.15, 0.2) is 0 Å². The summed E-state index contributed by atoms with van der Waals surface area (Å²) in [6.45, 7) is 5.58. The molecule has 39 heavy (non-hydrogen) atoms. The van der Waals surface area contributed by atoms with Crippen LogP contribution in [-0.2, 0) is 28.7 Å². The van der Waals surface area contributed by atoms with E-state index in [1.165, 1.54) is 27.5 Å². The highest BCUT2D eigenvalue weighted by molar-refractivity contribution is 5.74. The Balaban J connectivity index is 1.45. The third-order valence-corrected chi connectivity index (χ3v) is 6.34. The lowest BCUT2D eigenvalue weighted by Gasteiger charge is -2.23. The van der Waals surface area contributed by atoms with Gasteiger partial charge in [-0.1, -0.05) is 30.7 Å². The number of para-hydroxylation sites is 2. The number of unbranched alkanes of at least 4 members (excludes halogenated alkanes) is 2. The van der Waals surface area contributed by atoms with E-state index in [2.05, 4.69) is 9.97 Å². The number of carbonyl (C=O) groups is 1. The van der Waals surface area contributed by atoms with Crippen LogP contribution in [0.5, 0.6) is 0 Å². The number of ether oxygens (including phenoxy) is 1. The summed E-state index contributed by atoms with van der Waals surface area (Å²) in [5.41, 5.74) is 0.143. The molecule has 0 aliphatic rings. The summed E-state index contributed by atoms with van der Waals surface area (Å²) in [7, 11) is 0. The molecule has 208 valence electrons. The number of aryl methyl sites for hydroxylation is 2. The largest absolute Gasteiger partial charge is 0.460 e. The maximum absolute atomic E-state index is 13.4. The van der Waals surface area contributed by atoms with Gasteiger partial charge in [-0.3, -0.25) is 13.9 Å². The Bertz CT molecular complexity index is 1440. The number of rotatable bonds is 10. The van der Waals surface area contributed by atoms with Gasteiger partial charge in [0.05, 0.1) is 29.1 Å². The fraction of sp³-hybridized carbons (Fsp3) is 0.414. The Kier molecular flexibility index (Phi) is 8.32. The van der Waals surface area contributed by atoms with E-state index in [0.717, 1.165) is 54.7 Å². The molecule has 2 aromatic carbocycles. The maximum atomic E-state index is 13.4. The highest BCUT2D eigenvalue weighted by Gasteiger charge is 2.32. The normalized spacial score (nSPS) is 13.1. The maximum Gasteiger partial charge on any atom is 0.416 e. The van der Waals surface area contributed by atoms with Crippen molar-refractivity contribution < 1.29 is 22.7 Å². The van der Waals surface area contributed by atoms with Gasteiger partial charge in [0.2, 0.25) is 0 Å². The number of aromatic nitrogens is 4. The zero-order valence-electron chi connectivity index (χ0n) is 22.3. The monoisotopic (exact) mass is 542 g/mol. The van der Waals surface area contributed by atoms with Crippen molar-refractivity contribution in [3.63, 3.8) is 0 Å². The predicted molar refractivity (Wildman–Crippen MR) is 142 cm³/mol.